The third-order valence-corrected chi connectivity index (χ3v) is 5.37. The molecule has 0 radical (unpaired) electrons. The monoisotopic (exact) mass is 415 g/mol. The van der Waals surface area contributed by atoms with Crippen molar-refractivity contribution in [2.24, 2.45) is 10.9 Å². The van der Waals surface area contributed by atoms with Crippen LogP contribution in [0.2, 0.25) is 10.0 Å². The molecular weight excluding hydrogens is 385 g/mol. The highest BCUT2D eigenvalue weighted by molar-refractivity contribution is 6.36. The molecule has 1 aliphatic heterocycles. The molecule has 2 unspecified atom stereocenters. The van der Waals surface area contributed by atoms with Crippen molar-refractivity contribution in [1.82, 2.24) is 10.2 Å². The second kappa shape index (κ2) is 11.7. The number of methoxy groups -OCH3 is 1. The summed E-state index contributed by atoms with van der Waals surface area (Å²) in [6.45, 7) is 9.68. The number of likely N-dealkylation sites (tertiary alicyclic amines) is 1. The fraction of sp³-hybridized carbons (Fsp3) is 0.650. The van der Waals surface area contributed by atoms with Gasteiger partial charge in [-0.1, -0.05) is 36.2 Å². The highest BCUT2D eigenvalue weighted by atomic mass is 35.5. The van der Waals surface area contributed by atoms with Crippen LogP contribution in [-0.2, 0) is 9.47 Å². The van der Waals surface area contributed by atoms with Crippen LogP contribution in [0.1, 0.15) is 31.7 Å². The van der Waals surface area contributed by atoms with Crippen molar-refractivity contribution >= 4 is 29.2 Å². The van der Waals surface area contributed by atoms with Crippen LogP contribution in [0.25, 0.3) is 0 Å². The molecule has 5 nitrogen and oxygen atoms in total. The maximum absolute atomic E-state index is 6.34. The van der Waals surface area contributed by atoms with E-state index < -0.39 is 0 Å². The van der Waals surface area contributed by atoms with E-state index in [4.69, 9.17) is 37.7 Å². The second-order valence-corrected chi connectivity index (χ2v) is 7.71. The minimum Gasteiger partial charge on any atom is -0.382 e. The van der Waals surface area contributed by atoms with Gasteiger partial charge in [0, 0.05) is 55.2 Å². The molecule has 1 aliphatic rings. The van der Waals surface area contributed by atoms with E-state index >= 15 is 0 Å². The summed E-state index contributed by atoms with van der Waals surface area (Å²) < 4.78 is 10.7. The number of hydrogen-bond acceptors (Lipinski definition) is 3. The summed E-state index contributed by atoms with van der Waals surface area (Å²) in [5.74, 6) is 1.63. The first-order valence-electron chi connectivity index (χ1n) is 9.60. The molecule has 0 aliphatic carbocycles. The molecule has 7 heteroatoms. The smallest absolute Gasteiger partial charge is 0.193 e. The van der Waals surface area contributed by atoms with Crippen molar-refractivity contribution in [2.75, 3.05) is 53.1 Å². The zero-order valence-electron chi connectivity index (χ0n) is 16.5. The molecule has 152 valence electrons. The molecule has 0 aromatic heterocycles. The zero-order valence-corrected chi connectivity index (χ0v) is 18.0. The minimum absolute atomic E-state index is 0.149. The number of halogens is 2. The average Bonchev–Trinajstić information content (AvgIpc) is 3.11. The van der Waals surface area contributed by atoms with E-state index in [1.54, 1.807) is 7.11 Å². The van der Waals surface area contributed by atoms with E-state index in [1.165, 1.54) is 0 Å². The molecule has 0 spiro atoms. The van der Waals surface area contributed by atoms with E-state index in [2.05, 4.69) is 24.1 Å². The van der Waals surface area contributed by atoms with Crippen molar-refractivity contribution in [3.8, 4) is 0 Å². The van der Waals surface area contributed by atoms with Gasteiger partial charge in [-0.3, -0.25) is 4.99 Å². The van der Waals surface area contributed by atoms with Gasteiger partial charge in [0.2, 0.25) is 0 Å². The maximum atomic E-state index is 6.34. The maximum Gasteiger partial charge on any atom is 0.193 e. The first kappa shape index (κ1) is 22.3. The molecule has 2 atom stereocenters. The van der Waals surface area contributed by atoms with Crippen LogP contribution < -0.4 is 5.32 Å². The lowest BCUT2D eigenvalue weighted by Crippen LogP contribution is -2.40. The highest BCUT2D eigenvalue weighted by Gasteiger charge is 2.25. The Morgan fingerprint density at radius 2 is 2.07 bits per heavy atom. The van der Waals surface area contributed by atoms with E-state index in [0.29, 0.717) is 35.7 Å². The Balaban J connectivity index is 1.94. The van der Waals surface area contributed by atoms with Crippen molar-refractivity contribution < 1.29 is 9.47 Å². The summed E-state index contributed by atoms with van der Waals surface area (Å²) in [4.78, 5) is 7.17. The minimum atomic E-state index is 0.149. The van der Waals surface area contributed by atoms with E-state index in [1.807, 2.05) is 18.2 Å². The lowest BCUT2D eigenvalue weighted by Gasteiger charge is -2.23. The number of guanidine groups is 1. The average molecular weight is 416 g/mol. The second-order valence-electron chi connectivity index (χ2n) is 6.90. The van der Waals surface area contributed by atoms with Crippen molar-refractivity contribution in [3.63, 3.8) is 0 Å². The van der Waals surface area contributed by atoms with Crippen LogP contribution in [0, 0.1) is 5.92 Å². The molecule has 1 heterocycles. The van der Waals surface area contributed by atoms with Gasteiger partial charge >= 0.3 is 0 Å². The number of rotatable bonds is 9. The molecule has 1 N–H and O–H groups in total. The SMILES string of the molecule is CCNC(=NCC(C)c1c(Cl)cccc1Cl)N1CCC(COCCOC)C1. The predicted octanol–water partition coefficient (Wildman–Crippen LogP) is 4.05. The third-order valence-electron chi connectivity index (χ3n) is 4.71. The molecule has 1 aromatic carbocycles. The van der Waals surface area contributed by atoms with E-state index in [9.17, 15) is 0 Å². The molecule has 27 heavy (non-hydrogen) atoms. The normalized spacial score (nSPS) is 18.8. The van der Waals surface area contributed by atoms with Crippen molar-refractivity contribution in [1.29, 1.82) is 0 Å². The van der Waals surface area contributed by atoms with Crippen LogP contribution in [0.5, 0.6) is 0 Å². The van der Waals surface area contributed by atoms with E-state index in [-0.39, 0.29) is 5.92 Å². The summed E-state index contributed by atoms with van der Waals surface area (Å²) in [5, 5.41) is 4.80. The topological polar surface area (TPSA) is 46.1 Å². The number of aliphatic imine (C=N–C) groups is 1. The Morgan fingerprint density at radius 3 is 2.74 bits per heavy atom. The third kappa shape index (κ3) is 6.83. The standard InChI is InChI=1S/C20H31Cl2N3O2/c1-4-23-20(25-9-8-16(13-25)14-27-11-10-26-3)24-12-15(2)19-17(21)6-5-7-18(19)22/h5-7,15-16H,4,8-14H2,1-3H3,(H,23,24). The molecule has 2 rings (SSSR count). The number of nitrogens with zero attached hydrogens (tertiary/aromatic N) is 2. The molecular formula is C20H31Cl2N3O2. The first-order valence-corrected chi connectivity index (χ1v) is 10.4. The number of ether oxygens (including phenoxy) is 2. The Morgan fingerprint density at radius 1 is 1.33 bits per heavy atom. The van der Waals surface area contributed by atoms with Crippen molar-refractivity contribution in [3.05, 3.63) is 33.8 Å². The van der Waals surface area contributed by atoms with Gasteiger partial charge in [0.1, 0.15) is 0 Å². The van der Waals surface area contributed by atoms with Crippen LogP contribution >= 0.6 is 23.2 Å². The number of nitrogens with one attached hydrogen (secondary N) is 1. The summed E-state index contributed by atoms with van der Waals surface area (Å²) in [6, 6.07) is 5.62. The van der Waals surface area contributed by atoms with Crippen LogP contribution in [0.4, 0.5) is 0 Å². The molecule has 1 saturated heterocycles. The van der Waals surface area contributed by atoms with Gasteiger partial charge in [-0.05, 0) is 31.0 Å². The molecule has 0 amide bonds. The van der Waals surface area contributed by atoms with Gasteiger partial charge in [0.15, 0.2) is 5.96 Å². The van der Waals surface area contributed by atoms with Gasteiger partial charge in [-0.15, -0.1) is 0 Å². The summed E-state index contributed by atoms with van der Waals surface area (Å²) in [5.41, 5.74) is 0.964. The number of hydrogen-bond donors (Lipinski definition) is 1. The molecule has 0 bridgehead atoms. The summed E-state index contributed by atoms with van der Waals surface area (Å²) in [6.07, 6.45) is 1.11. The summed E-state index contributed by atoms with van der Waals surface area (Å²) >= 11 is 12.7. The van der Waals surface area contributed by atoms with Crippen LogP contribution in [0.3, 0.4) is 0 Å². The zero-order chi connectivity index (χ0) is 19.6. The Hall–Kier alpha value is -1.01. The Kier molecular flexibility index (Phi) is 9.69. The Bertz CT molecular complexity index is 593. The molecule has 1 fully saturated rings. The van der Waals surface area contributed by atoms with Gasteiger partial charge in [0.25, 0.3) is 0 Å². The van der Waals surface area contributed by atoms with Gasteiger partial charge < -0.3 is 19.7 Å². The summed E-state index contributed by atoms with van der Waals surface area (Å²) in [7, 11) is 1.69. The van der Waals surface area contributed by atoms with Gasteiger partial charge in [-0.25, -0.2) is 0 Å². The largest absolute Gasteiger partial charge is 0.382 e. The van der Waals surface area contributed by atoms with Crippen LogP contribution in [-0.4, -0.2) is 64.0 Å². The predicted molar refractivity (Wildman–Crippen MR) is 113 cm³/mol. The first-order chi connectivity index (χ1) is 13.1. The van der Waals surface area contributed by atoms with Gasteiger partial charge in [0.05, 0.1) is 19.8 Å². The fourth-order valence-electron chi connectivity index (χ4n) is 3.28. The molecule has 0 saturated carbocycles. The number of benzene rings is 1. The van der Waals surface area contributed by atoms with Crippen molar-refractivity contribution in [2.45, 2.75) is 26.2 Å². The fourth-order valence-corrected chi connectivity index (χ4v) is 4.05. The van der Waals surface area contributed by atoms with Crippen LogP contribution in [0.15, 0.2) is 23.2 Å². The lowest BCUT2D eigenvalue weighted by molar-refractivity contribution is 0.0536. The lowest BCUT2D eigenvalue weighted by atomic mass is 10.0. The van der Waals surface area contributed by atoms with E-state index in [0.717, 1.165) is 44.2 Å². The highest BCUT2D eigenvalue weighted by Crippen LogP contribution is 2.31. The quantitative estimate of drug-likeness (QED) is 0.375. The molecule has 1 aromatic rings. The van der Waals surface area contributed by atoms with Gasteiger partial charge in [-0.2, -0.15) is 0 Å². The Labute approximate surface area is 173 Å².